The Morgan fingerprint density at radius 1 is 1.00 bits per heavy atom. The van der Waals surface area contributed by atoms with Crippen LogP contribution in [0.5, 0.6) is 5.75 Å². The van der Waals surface area contributed by atoms with Crippen LogP contribution in [0.2, 0.25) is 0 Å². The van der Waals surface area contributed by atoms with Crippen molar-refractivity contribution in [2.45, 2.75) is 25.4 Å². The minimum absolute atomic E-state index is 0.406. The number of rotatable bonds is 5. The summed E-state index contributed by atoms with van der Waals surface area (Å²) in [6.07, 6.45) is 4.44. The molecule has 1 aliphatic heterocycles. The lowest BCUT2D eigenvalue weighted by atomic mass is 9.85. The first kappa shape index (κ1) is 18.9. The Balaban J connectivity index is 1.77. The average molecular weight is 365 g/mol. The van der Waals surface area contributed by atoms with Crippen molar-refractivity contribution in [2.24, 2.45) is 0 Å². The molecule has 1 heterocycles. The Morgan fingerprint density at radius 2 is 1.67 bits per heavy atom. The van der Waals surface area contributed by atoms with Gasteiger partial charge in [0.15, 0.2) is 0 Å². The van der Waals surface area contributed by atoms with Gasteiger partial charge in [-0.1, -0.05) is 48.5 Å². The van der Waals surface area contributed by atoms with Crippen molar-refractivity contribution in [3.05, 3.63) is 71.8 Å². The van der Waals surface area contributed by atoms with E-state index in [4.69, 9.17) is 9.47 Å². The van der Waals surface area contributed by atoms with Crippen LogP contribution < -0.4 is 10.1 Å². The van der Waals surface area contributed by atoms with E-state index in [0.717, 1.165) is 31.5 Å². The summed E-state index contributed by atoms with van der Waals surface area (Å²) < 4.78 is 11.1. The maximum absolute atomic E-state index is 12.6. The van der Waals surface area contributed by atoms with Gasteiger partial charge in [-0.25, -0.2) is 4.79 Å². The van der Waals surface area contributed by atoms with Crippen LogP contribution in [0.3, 0.4) is 0 Å². The Kier molecular flexibility index (Phi) is 6.04. The van der Waals surface area contributed by atoms with Crippen LogP contribution >= 0.6 is 0 Å². The highest BCUT2D eigenvalue weighted by Crippen LogP contribution is 2.35. The van der Waals surface area contributed by atoms with E-state index in [1.165, 1.54) is 13.0 Å². The molecule has 1 aliphatic rings. The lowest BCUT2D eigenvalue weighted by molar-refractivity contribution is -0.157. The second-order valence-electron chi connectivity index (χ2n) is 6.50. The molecule has 2 aromatic rings. The lowest BCUT2D eigenvalue weighted by Crippen LogP contribution is -2.42. The van der Waals surface area contributed by atoms with Crippen LogP contribution in [0.15, 0.2) is 60.7 Å². The maximum Gasteiger partial charge on any atom is 0.331 e. The van der Waals surface area contributed by atoms with E-state index in [-0.39, 0.29) is 0 Å². The fraction of sp³-hybridized carbons (Fsp3) is 0.273. The van der Waals surface area contributed by atoms with Gasteiger partial charge in [0, 0.05) is 31.4 Å². The topological polar surface area (TPSA) is 64.6 Å². The molecule has 2 aromatic carbocycles. The van der Waals surface area contributed by atoms with Gasteiger partial charge in [0.25, 0.3) is 0 Å². The van der Waals surface area contributed by atoms with Crippen LogP contribution in [0.25, 0.3) is 6.08 Å². The molecule has 0 radical (unpaired) electrons. The summed E-state index contributed by atoms with van der Waals surface area (Å²) in [5.74, 6) is -0.414. The molecule has 0 amide bonds. The summed E-state index contributed by atoms with van der Waals surface area (Å²) >= 11 is 0. The van der Waals surface area contributed by atoms with Gasteiger partial charge in [-0.15, -0.1) is 0 Å². The third-order valence-electron chi connectivity index (χ3n) is 4.58. The van der Waals surface area contributed by atoms with E-state index >= 15 is 0 Å². The number of ether oxygens (including phenoxy) is 2. The average Bonchev–Trinajstić information content (AvgIpc) is 2.68. The molecule has 5 nitrogen and oxygen atoms in total. The van der Waals surface area contributed by atoms with Gasteiger partial charge in [0.05, 0.1) is 0 Å². The summed E-state index contributed by atoms with van der Waals surface area (Å²) in [6.45, 7) is 2.93. The van der Waals surface area contributed by atoms with E-state index in [0.29, 0.717) is 11.3 Å². The zero-order chi connectivity index (χ0) is 19.1. The van der Waals surface area contributed by atoms with Gasteiger partial charge < -0.3 is 14.8 Å². The predicted molar refractivity (Wildman–Crippen MR) is 103 cm³/mol. The molecule has 140 valence electrons. The number of piperidine rings is 1. The van der Waals surface area contributed by atoms with Crippen molar-refractivity contribution in [1.29, 1.82) is 0 Å². The first-order valence-corrected chi connectivity index (χ1v) is 9.04. The van der Waals surface area contributed by atoms with Crippen LogP contribution in [0.1, 0.15) is 30.9 Å². The van der Waals surface area contributed by atoms with Gasteiger partial charge >= 0.3 is 11.9 Å². The van der Waals surface area contributed by atoms with E-state index in [1.807, 2.05) is 36.4 Å². The first-order valence-electron chi connectivity index (χ1n) is 9.04. The normalized spacial score (nSPS) is 16.0. The number of hydrogen-bond donors (Lipinski definition) is 1. The van der Waals surface area contributed by atoms with Crippen molar-refractivity contribution in [3.8, 4) is 5.75 Å². The van der Waals surface area contributed by atoms with Crippen molar-refractivity contribution in [2.75, 3.05) is 13.1 Å². The van der Waals surface area contributed by atoms with Gasteiger partial charge in [0.1, 0.15) is 11.4 Å². The smallest absolute Gasteiger partial charge is 0.331 e. The molecule has 0 aliphatic carbocycles. The molecule has 0 aromatic heterocycles. The molecule has 5 heteroatoms. The molecule has 0 unspecified atom stereocenters. The molecular formula is C22H23NO4. The summed E-state index contributed by atoms with van der Waals surface area (Å²) in [7, 11) is 0. The lowest BCUT2D eigenvalue weighted by Gasteiger charge is -2.37. The zero-order valence-corrected chi connectivity index (χ0v) is 15.3. The van der Waals surface area contributed by atoms with Crippen molar-refractivity contribution in [3.63, 3.8) is 0 Å². The van der Waals surface area contributed by atoms with Gasteiger partial charge in [0.2, 0.25) is 0 Å². The molecule has 0 spiro atoms. The summed E-state index contributed by atoms with van der Waals surface area (Å²) in [4.78, 5) is 23.8. The standard InChI is InChI=1S/C22H23NO4/c1-17(24)26-20-10-6-5-7-18(20)11-12-21(25)27-22(13-15-23-16-14-22)19-8-3-2-4-9-19/h2-12,23H,13-16H2,1H3/b12-11+. The quantitative estimate of drug-likeness (QED) is 0.499. The van der Waals surface area contributed by atoms with Crippen molar-refractivity contribution in [1.82, 2.24) is 5.32 Å². The minimum Gasteiger partial charge on any atom is -0.451 e. The highest BCUT2D eigenvalue weighted by atomic mass is 16.6. The predicted octanol–water partition coefficient (Wildman–Crippen LogP) is 3.45. The molecule has 3 rings (SSSR count). The van der Waals surface area contributed by atoms with Crippen molar-refractivity contribution >= 4 is 18.0 Å². The fourth-order valence-electron chi connectivity index (χ4n) is 3.27. The van der Waals surface area contributed by atoms with E-state index in [2.05, 4.69) is 5.32 Å². The van der Waals surface area contributed by atoms with Crippen LogP contribution in [0, 0.1) is 0 Å². The van der Waals surface area contributed by atoms with Gasteiger partial charge in [-0.3, -0.25) is 4.79 Å². The van der Waals surface area contributed by atoms with Crippen molar-refractivity contribution < 1.29 is 19.1 Å². The third kappa shape index (κ3) is 4.83. The summed E-state index contributed by atoms with van der Waals surface area (Å²) in [5, 5.41) is 3.31. The van der Waals surface area contributed by atoms with Crippen LogP contribution in [-0.2, 0) is 19.9 Å². The molecule has 0 bridgehead atoms. The summed E-state index contributed by atoms with van der Waals surface area (Å²) in [6, 6.07) is 16.9. The van der Waals surface area contributed by atoms with Gasteiger partial charge in [-0.05, 0) is 30.8 Å². The van der Waals surface area contributed by atoms with E-state index < -0.39 is 17.5 Å². The van der Waals surface area contributed by atoms with E-state index in [9.17, 15) is 9.59 Å². The third-order valence-corrected chi connectivity index (χ3v) is 4.58. The Hall–Kier alpha value is -2.92. The SMILES string of the molecule is CC(=O)Oc1ccccc1/C=C/C(=O)OC1(c2ccccc2)CCNCC1. The fourth-order valence-corrected chi connectivity index (χ4v) is 3.27. The molecule has 0 saturated carbocycles. The zero-order valence-electron chi connectivity index (χ0n) is 15.3. The molecular weight excluding hydrogens is 342 g/mol. The largest absolute Gasteiger partial charge is 0.451 e. The number of nitrogens with one attached hydrogen (secondary N) is 1. The summed E-state index contributed by atoms with van der Waals surface area (Å²) in [5.41, 5.74) is 1.03. The molecule has 0 atom stereocenters. The van der Waals surface area contributed by atoms with Gasteiger partial charge in [-0.2, -0.15) is 0 Å². The molecule has 1 fully saturated rings. The first-order chi connectivity index (χ1) is 13.1. The van der Waals surface area contributed by atoms with Crippen LogP contribution in [-0.4, -0.2) is 25.0 Å². The molecule has 1 saturated heterocycles. The highest BCUT2D eigenvalue weighted by molar-refractivity contribution is 5.88. The Bertz CT molecular complexity index is 823. The molecule has 1 N–H and O–H groups in total. The Labute approximate surface area is 159 Å². The monoisotopic (exact) mass is 365 g/mol. The number of hydrogen-bond acceptors (Lipinski definition) is 5. The van der Waals surface area contributed by atoms with Crippen LogP contribution in [0.4, 0.5) is 0 Å². The molecule has 27 heavy (non-hydrogen) atoms. The number of carbonyl (C=O) groups excluding carboxylic acids is 2. The maximum atomic E-state index is 12.6. The Morgan fingerprint density at radius 3 is 2.37 bits per heavy atom. The second-order valence-corrected chi connectivity index (χ2v) is 6.50. The number of para-hydroxylation sites is 1. The second kappa shape index (κ2) is 8.64. The number of esters is 2. The number of benzene rings is 2. The van der Waals surface area contributed by atoms with E-state index in [1.54, 1.807) is 24.3 Å². The minimum atomic E-state index is -0.622. The highest BCUT2D eigenvalue weighted by Gasteiger charge is 2.37. The number of carbonyl (C=O) groups is 2.